The zero-order valence-electron chi connectivity index (χ0n) is 15.5. The van der Waals surface area contributed by atoms with Gasteiger partial charge < -0.3 is 5.11 Å². The number of allylic oxidation sites excluding steroid dienone is 2. The first kappa shape index (κ1) is 17.2. The van der Waals surface area contributed by atoms with Crippen molar-refractivity contribution in [1.29, 1.82) is 0 Å². The lowest BCUT2D eigenvalue weighted by atomic mass is 9.46. The van der Waals surface area contributed by atoms with E-state index in [2.05, 4.69) is 20.8 Å². The van der Waals surface area contributed by atoms with E-state index in [9.17, 15) is 4.79 Å². The van der Waals surface area contributed by atoms with E-state index in [0.29, 0.717) is 16.6 Å². The highest BCUT2D eigenvalue weighted by Gasteiger charge is 2.61. The van der Waals surface area contributed by atoms with E-state index < -0.39 is 0 Å². The number of aliphatic hydroxyl groups is 1. The zero-order valence-corrected chi connectivity index (χ0v) is 15.5. The van der Waals surface area contributed by atoms with Crippen LogP contribution in [0.2, 0.25) is 0 Å². The van der Waals surface area contributed by atoms with Crippen LogP contribution in [0.1, 0.15) is 78.6 Å². The zero-order chi connectivity index (χ0) is 16.8. The van der Waals surface area contributed by atoms with Crippen molar-refractivity contribution in [2.75, 3.05) is 7.11 Å². The fourth-order valence-electron chi connectivity index (χ4n) is 6.83. The molecule has 0 radical (unpaired) electrons. The Morgan fingerprint density at radius 1 is 1.00 bits per heavy atom. The molecule has 1 N–H and O–H groups in total. The van der Waals surface area contributed by atoms with Crippen LogP contribution in [0, 0.1) is 28.6 Å². The number of hydrogen-bond donors (Lipinski definition) is 1. The Morgan fingerprint density at radius 3 is 2.43 bits per heavy atom. The Morgan fingerprint density at radius 2 is 1.70 bits per heavy atom. The van der Waals surface area contributed by atoms with Gasteiger partial charge in [-0.1, -0.05) is 31.9 Å². The molecular weight excluding hydrogens is 284 g/mol. The molecule has 0 saturated heterocycles. The molecule has 2 fully saturated rings. The molecule has 2 saturated carbocycles. The summed E-state index contributed by atoms with van der Waals surface area (Å²) in [6.07, 6.45) is 11.0. The third kappa shape index (κ3) is 2.35. The average molecular weight is 319 g/mol. The second kappa shape index (κ2) is 6.02. The van der Waals surface area contributed by atoms with Gasteiger partial charge in [-0.25, -0.2) is 0 Å². The van der Waals surface area contributed by atoms with Gasteiger partial charge in [0.05, 0.1) is 0 Å². The molecule has 5 atom stereocenters. The lowest BCUT2D eigenvalue weighted by Crippen LogP contribution is -2.51. The summed E-state index contributed by atoms with van der Waals surface area (Å²) in [6, 6.07) is 0. The molecule has 23 heavy (non-hydrogen) atoms. The molecule has 0 aliphatic heterocycles. The maximum Gasteiger partial charge on any atom is 0.137 e. The normalized spacial score (nSPS) is 45.6. The van der Waals surface area contributed by atoms with Gasteiger partial charge in [0, 0.05) is 20.0 Å². The topological polar surface area (TPSA) is 37.3 Å². The number of carbonyl (C=O) groups excluding carboxylic acids is 1. The summed E-state index contributed by atoms with van der Waals surface area (Å²) in [5.74, 6) is 3.08. The fraction of sp³-hybridized carbons (Fsp3) is 0.857. The Labute approximate surface area is 141 Å². The van der Waals surface area contributed by atoms with Crippen molar-refractivity contribution in [3.8, 4) is 0 Å². The molecule has 0 spiro atoms. The van der Waals surface area contributed by atoms with Crippen LogP contribution in [0.15, 0.2) is 11.1 Å². The van der Waals surface area contributed by atoms with Gasteiger partial charge in [0.1, 0.15) is 5.78 Å². The summed E-state index contributed by atoms with van der Waals surface area (Å²) in [6.45, 7) is 7.73. The van der Waals surface area contributed by atoms with Crippen LogP contribution in [0.3, 0.4) is 0 Å². The standard InChI is InChI=1S/C20H30O.CH4O/c1-13-8-10-19(2)11-9-17-16-6-5-15(21)12-14(16)4-7-18(17)20(13,19)3;1-2/h13,17-18H,4-12H2,1-3H3;2H,1H3/t13-,17?,18?,19?,20?;/m1./s1. The van der Waals surface area contributed by atoms with Crippen molar-refractivity contribution in [3.05, 3.63) is 11.1 Å². The van der Waals surface area contributed by atoms with Gasteiger partial charge in [-0.05, 0) is 73.5 Å². The van der Waals surface area contributed by atoms with E-state index in [1.165, 1.54) is 38.5 Å². The van der Waals surface area contributed by atoms with Gasteiger partial charge in [0.25, 0.3) is 0 Å². The molecule has 0 amide bonds. The summed E-state index contributed by atoms with van der Waals surface area (Å²) in [5.41, 5.74) is 4.42. The maximum atomic E-state index is 11.8. The van der Waals surface area contributed by atoms with E-state index in [-0.39, 0.29) is 0 Å². The third-order valence-electron chi connectivity index (χ3n) is 8.46. The Hall–Kier alpha value is -0.630. The van der Waals surface area contributed by atoms with Gasteiger partial charge >= 0.3 is 0 Å². The summed E-state index contributed by atoms with van der Waals surface area (Å²) in [4.78, 5) is 11.8. The highest BCUT2D eigenvalue weighted by atomic mass is 16.2. The molecule has 0 aromatic heterocycles. The first-order chi connectivity index (χ1) is 11.0. The van der Waals surface area contributed by atoms with Crippen LogP contribution < -0.4 is 0 Å². The van der Waals surface area contributed by atoms with Crippen LogP contribution in [0.25, 0.3) is 0 Å². The largest absolute Gasteiger partial charge is 0.400 e. The first-order valence-corrected chi connectivity index (χ1v) is 9.63. The minimum Gasteiger partial charge on any atom is -0.400 e. The number of ketones is 1. The van der Waals surface area contributed by atoms with Crippen molar-refractivity contribution in [3.63, 3.8) is 0 Å². The summed E-state index contributed by atoms with van der Waals surface area (Å²) in [5, 5.41) is 7.00. The van der Waals surface area contributed by atoms with Gasteiger partial charge in [-0.3, -0.25) is 4.79 Å². The molecule has 0 aromatic rings. The van der Waals surface area contributed by atoms with Crippen LogP contribution in [0.4, 0.5) is 0 Å². The van der Waals surface area contributed by atoms with Crippen LogP contribution in [-0.4, -0.2) is 18.0 Å². The molecule has 4 rings (SSSR count). The first-order valence-electron chi connectivity index (χ1n) is 9.63. The monoisotopic (exact) mass is 318 g/mol. The van der Waals surface area contributed by atoms with Crippen molar-refractivity contribution in [2.45, 2.75) is 78.6 Å². The van der Waals surface area contributed by atoms with Crippen molar-refractivity contribution in [1.82, 2.24) is 0 Å². The summed E-state index contributed by atoms with van der Waals surface area (Å²) >= 11 is 0. The van der Waals surface area contributed by atoms with E-state index >= 15 is 0 Å². The highest BCUT2D eigenvalue weighted by Crippen LogP contribution is 2.69. The van der Waals surface area contributed by atoms with Gasteiger partial charge in [0.15, 0.2) is 0 Å². The number of aliphatic hydroxyl groups excluding tert-OH is 1. The Kier molecular flexibility index (Phi) is 4.50. The molecule has 4 unspecified atom stereocenters. The summed E-state index contributed by atoms with van der Waals surface area (Å²) < 4.78 is 0. The fourth-order valence-corrected chi connectivity index (χ4v) is 6.83. The van der Waals surface area contributed by atoms with Crippen LogP contribution in [0.5, 0.6) is 0 Å². The van der Waals surface area contributed by atoms with E-state index in [1.54, 1.807) is 11.1 Å². The molecule has 2 nitrogen and oxygen atoms in total. The predicted octanol–water partition coefficient (Wildman–Crippen LogP) is 4.91. The number of carbonyl (C=O) groups is 1. The summed E-state index contributed by atoms with van der Waals surface area (Å²) in [7, 11) is 1.00. The number of Topliss-reactive ketones (excluding diaryl/α,β-unsaturated/α-hetero) is 1. The second-order valence-corrected chi connectivity index (χ2v) is 8.92. The SMILES string of the molecule is CO.C[C@@H]1CCC2(C)CCC3C4=C(CCC3C12C)CC(=O)CC4. The van der Waals surface area contributed by atoms with Crippen molar-refractivity contribution < 1.29 is 9.90 Å². The molecule has 0 aromatic carbocycles. The van der Waals surface area contributed by atoms with Crippen molar-refractivity contribution >= 4 is 5.78 Å². The second-order valence-electron chi connectivity index (χ2n) is 8.92. The molecule has 0 bridgehead atoms. The number of hydrogen-bond acceptors (Lipinski definition) is 2. The van der Waals surface area contributed by atoms with Crippen LogP contribution in [-0.2, 0) is 4.79 Å². The Balaban J connectivity index is 0.000000753. The quantitative estimate of drug-likeness (QED) is 0.645. The van der Waals surface area contributed by atoms with Gasteiger partial charge in [-0.2, -0.15) is 0 Å². The maximum absolute atomic E-state index is 11.8. The number of rotatable bonds is 0. The molecule has 0 heterocycles. The minimum atomic E-state index is 0.494. The van der Waals surface area contributed by atoms with Gasteiger partial charge in [-0.15, -0.1) is 0 Å². The minimum absolute atomic E-state index is 0.494. The predicted molar refractivity (Wildman–Crippen MR) is 94.1 cm³/mol. The third-order valence-corrected chi connectivity index (χ3v) is 8.46. The lowest BCUT2D eigenvalue weighted by Gasteiger charge is -2.58. The van der Waals surface area contributed by atoms with Crippen LogP contribution >= 0.6 is 0 Å². The Bertz CT molecular complexity index is 520. The van der Waals surface area contributed by atoms with E-state index in [1.807, 2.05) is 0 Å². The molecule has 2 heteroatoms. The number of fused-ring (bicyclic) bond motifs is 4. The molecule has 4 aliphatic carbocycles. The van der Waals surface area contributed by atoms with E-state index in [4.69, 9.17) is 5.11 Å². The lowest BCUT2D eigenvalue weighted by molar-refractivity contribution is -0.119. The molecular formula is C21H34O2. The average Bonchev–Trinajstić information content (AvgIpc) is 2.80. The highest BCUT2D eigenvalue weighted by molar-refractivity contribution is 5.82. The molecule has 4 aliphatic rings. The smallest absolute Gasteiger partial charge is 0.137 e. The van der Waals surface area contributed by atoms with Crippen molar-refractivity contribution in [2.24, 2.45) is 28.6 Å². The molecule has 130 valence electrons. The van der Waals surface area contributed by atoms with E-state index in [0.717, 1.165) is 44.1 Å². The van der Waals surface area contributed by atoms with Gasteiger partial charge in [0.2, 0.25) is 0 Å².